The number of nitrogens with zero attached hydrogens (tertiary/aromatic N) is 1. The zero-order chi connectivity index (χ0) is 19.4. The highest BCUT2D eigenvalue weighted by Crippen LogP contribution is 2.18. The monoisotopic (exact) mass is 362 g/mol. The van der Waals surface area contributed by atoms with E-state index < -0.39 is 0 Å². The number of hydrogen-bond donors (Lipinski definition) is 1. The molecular weight excluding hydrogens is 332 g/mol. The highest BCUT2D eigenvalue weighted by atomic mass is 16.1. The summed E-state index contributed by atoms with van der Waals surface area (Å²) in [5, 5.41) is 5.89. The molecule has 142 valence electrons. The Labute approximate surface area is 162 Å². The fraction of sp³-hybridized carbons (Fsp3) is 0.375. The van der Waals surface area contributed by atoms with Crippen LogP contribution in [0.5, 0.6) is 0 Å². The van der Waals surface area contributed by atoms with Gasteiger partial charge in [0.1, 0.15) is 5.78 Å². The van der Waals surface area contributed by atoms with Crippen molar-refractivity contribution in [3.05, 3.63) is 58.5 Å². The number of carbonyl (C=O) groups is 1. The van der Waals surface area contributed by atoms with Crippen molar-refractivity contribution in [2.24, 2.45) is 11.8 Å². The zero-order valence-electron chi connectivity index (χ0n) is 16.8. The molecule has 1 aliphatic carbocycles. The maximum absolute atomic E-state index is 12.9. The predicted molar refractivity (Wildman–Crippen MR) is 116 cm³/mol. The van der Waals surface area contributed by atoms with Crippen LogP contribution in [0.2, 0.25) is 0 Å². The van der Waals surface area contributed by atoms with Crippen LogP contribution in [0.15, 0.2) is 42.5 Å². The van der Waals surface area contributed by atoms with Crippen molar-refractivity contribution in [2.75, 3.05) is 30.9 Å². The third kappa shape index (κ3) is 4.60. The summed E-state index contributed by atoms with van der Waals surface area (Å²) in [5.74, 6) is 0.243. The second kappa shape index (κ2) is 8.43. The van der Waals surface area contributed by atoms with Gasteiger partial charge < -0.3 is 10.2 Å². The van der Waals surface area contributed by atoms with E-state index in [1.54, 1.807) is 0 Å². The SMILES string of the molecule is CCc1ccc2/c(c1)=C\C(CNc1ccc(N(C)C)cc1)C(=O)C(C)CC=2. The van der Waals surface area contributed by atoms with E-state index in [1.807, 2.05) is 21.0 Å². The van der Waals surface area contributed by atoms with Crippen molar-refractivity contribution in [3.8, 4) is 0 Å². The van der Waals surface area contributed by atoms with Crippen molar-refractivity contribution < 1.29 is 4.79 Å². The first kappa shape index (κ1) is 19.2. The summed E-state index contributed by atoms with van der Waals surface area (Å²) in [4.78, 5) is 15.0. The molecule has 0 spiro atoms. The second-order valence-corrected chi connectivity index (χ2v) is 7.66. The van der Waals surface area contributed by atoms with Crippen molar-refractivity contribution in [1.29, 1.82) is 0 Å². The average Bonchev–Trinajstić information content (AvgIpc) is 2.68. The van der Waals surface area contributed by atoms with Crippen LogP contribution in [-0.4, -0.2) is 26.4 Å². The van der Waals surface area contributed by atoms with Gasteiger partial charge in [-0.05, 0) is 53.1 Å². The number of hydrogen-bond acceptors (Lipinski definition) is 3. The molecule has 0 aromatic heterocycles. The molecule has 1 aliphatic rings. The lowest BCUT2D eigenvalue weighted by Gasteiger charge is -2.20. The van der Waals surface area contributed by atoms with E-state index in [1.165, 1.54) is 21.7 Å². The van der Waals surface area contributed by atoms with E-state index in [0.717, 1.165) is 18.5 Å². The van der Waals surface area contributed by atoms with Crippen LogP contribution < -0.4 is 20.7 Å². The maximum Gasteiger partial charge on any atom is 0.144 e. The largest absolute Gasteiger partial charge is 0.384 e. The van der Waals surface area contributed by atoms with Crippen molar-refractivity contribution in [3.63, 3.8) is 0 Å². The molecule has 0 aliphatic heterocycles. The van der Waals surface area contributed by atoms with E-state index in [9.17, 15) is 4.79 Å². The summed E-state index contributed by atoms with van der Waals surface area (Å²) in [6.07, 6.45) is 6.17. The molecule has 0 fully saturated rings. The minimum atomic E-state index is -0.118. The molecule has 2 atom stereocenters. The van der Waals surface area contributed by atoms with Gasteiger partial charge in [0.05, 0.1) is 5.92 Å². The lowest BCUT2D eigenvalue weighted by molar-refractivity contribution is -0.124. The zero-order valence-corrected chi connectivity index (χ0v) is 16.8. The van der Waals surface area contributed by atoms with Gasteiger partial charge in [0.2, 0.25) is 0 Å². The summed E-state index contributed by atoms with van der Waals surface area (Å²) in [5.41, 5.74) is 3.52. The molecule has 2 unspecified atom stereocenters. The molecule has 0 heterocycles. The number of rotatable bonds is 5. The van der Waals surface area contributed by atoms with Crippen LogP contribution >= 0.6 is 0 Å². The number of ketones is 1. The minimum absolute atomic E-state index is 0.0446. The van der Waals surface area contributed by atoms with Gasteiger partial charge in [0.25, 0.3) is 0 Å². The van der Waals surface area contributed by atoms with Gasteiger partial charge in [-0.3, -0.25) is 4.79 Å². The first-order valence-corrected chi connectivity index (χ1v) is 9.84. The van der Waals surface area contributed by atoms with E-state index in [2.05, 4.69) is 71.8 Å². The van der Waals surface area contributed by atoms with E-state index in [4.69, 9.17) is 0 Å². The number of benzene rings is 2. The Morgan fingerprint density at radius 2 is 1.81 bits per heavy atom. The standard InChI is InChI=1S/C24H30N2O/c1-5-18-7-9-19-8-6-17(2)24(27)21(15-20(19)14-18)16-25-22-10-12-23(13-11-22)26(3)4/h7-15,17,21,25H,5-6,16H2,1-4H3/b19-8?,20-15-. The summed E-state index contributed by atoms with van der Waals surface area (Å²) in [7, 11) is 4.07. The molecule has 0 radical (unpaired) electrons. The molecule has 3 nitrogen and oxygen atoms in total. The minimum Gasteiger partial charge on any atom is -0.384 e. The summed E-state index contributed by atoms with van der Waals surface area (Å²) >= 11 is 0. The van der Waals surface area contributed by atoms with Crippen molar-refractivity contribution >= 4 is 29.3 Å². The second-order valence-electron chi connectivity index (χ2n) is 7.66. The van der Waals surface area contributed by atoms with Gasteiger partial charge in [-0.25, -0.2) is 0 Å². The average molecular weight is 363 g/mol. The van der Waals surface area contributed by atoms with E-state index >= 15 is 0 Å². The highest BCUT2D eigenvalue weighted by molar-refractivity contribution is 5.89. The van der Waals surface area contributed by atoms with Gasteiger partial charge in [0, 0.05) is 37.9 Å². The predicted octanol–water partition coefficient (Wildman–Crippen LogP) is 3.21. The van der Waals surface area contributed by atoms with Gasteiger partial charge in [-0.15, -0.1) is 0 Å². The third-order valence-corrected chi connectivity index (χ3v) is 5.39. The third-order valence-electron chi connectivity index (χ3n) is 5.39. The summed E-state index contributed by atoms with van der Waals surface area (Å²) in [6, 6.07) is 14.9. The molecule has 0 saturated carbocycles. The first-order valence-electron chi connectivity index (χ1n) is 9.84. The van der Waals surface area contributed by atoms with Gasteiger partial charge in [-0.2, -0.15) is 0 Å². The molecule has 0 amide bonds. The Balaban J connectivity index is 1.86. The van der Waals surface area contributed by atoms with Crippen molar-refractivity contribution in [1.82, 2.24) is 0 Å². The Morgan fingerprint density at radius 3 is 2.48 bits per heavy atom. The topological polar surface area (TPSA) is 32.3 Å². The van der Waals surface area contributed by atoms with Crippen LogP contribution in [0.1, 0.15) is 25.8 Å². The molecule has 2 aromatic carbocycles. The van der Waals surface area contributed by atoms with Gasteiger partial charge >= 0.3 is 0 Å². The quantitative estimate of drug-likeness (QED) is 0.886. The lowest BCUT2D eigenvalue weighted by Crippen LogP contribution is -2.34. The molecule has 3 heteroatoms. The van der Waals surface area contributed by atoms with Crippen LogP contribution in [0, 0.1) is 11.8 Å². The Bertz CT molecular complexity index is 912. The number of carbonyl (C=O) groups excluding carboxylic acids is 1. The lowest BCUT2D eigenvalue weighted by atomic mass is 9.88. The van der Waals surface area contributed by atoms with E-state index in [0.29, 0.717) is 12.3 Å². The summed E-state index contributed by atoms with van der Waals surface area (Å²) in [6.45, 7) is 4.83. The smallest absolute Gasteiger partial charge is 0.144 e. The van der Waals surface area contributed by atoms with E-state index in [-0.39, 0.29) is 11.8 Å². The Morgan fingerprint density at radius 1 is 1.07 bits per heavy atom. The fourth-order valence-corrected chi connectivity index (χ4v) is 3.52. The Kier molecular flexibility index (Phi) is 6.00. The number of anilines is 2. The molecule has 1 N–H and O–H groups in total. The van der Waals surface area contributed by atoms with Crippen LogP contribution in [-0.2, 0) is 11.2 Å². The molecule has 3 rings (SSSR count). The number of fused-ring (bicyclic) bond motifs is 1. The van der Waals surface area contributed by atoms with Gasteiger partial charge in [-0.1, -0.05) is 44.2 Å². The normalized spacial score (nSPS) is 20.4. The molecule has 2 aromatic rings. The van der Waals surface area contributed by atoms with Crippen LogP contribution in [0.25, 0.3) is 12.2 Å². The van der Waals surface area contributed by atoms with Crippen LogP contribution in [0.4, 0.5) is 11.4 Å². The molecule has 27 heavy (non-hydrogen) atoms. The number of Topliss-reactive ketones (excluding diaryl/α,β-unsaturated/α-hetero) is 1. The van der Waals surface area contributed by atoms with Crippen LogP contribution in [0.3, 0.4) is 0 Å². The maximum atomic E-state index is 12.9. The molecular formula is C24H30N2O. The molecule has 0 saturated heterocycles. The fourth-order valence-electron chi connectivity index (χ4n) is 3.52. The number of aryl methyl sites for hydroxylation is 1. The first-order chi connectivity index (χ1) is 13.0. The highest BCUT2D eigenvalue weighted by Gasteiger charge is 2.22. The molecule has 0 bridgehead atoms. The Hall–Kier alpha value is -2.55. The summed E-state index contributed by atoms with van der Waals surface area (Å²) < 4.78 is 0. The number of nitrogens with one attached hydrogen (secondary N) is 1. The van der Waals surface area contributed by atoms with Crippen molar-refractivity contribution in [2.45, 2.75) is 26.7 Å². The van der Waals surface area contributed by atoms with Gasteiger partial charge in [0.15, 0.2) is 0 Å².